The minimum absolute atomic E-state index is 0.00436. The fraction of sp³-hybridized carbons (Fsp3) is 0.400. The highest BCUT2D eigenvalue weighted by atomic mass is 16.1. The first-order chi connectivity index (χ1) is 8.44. The Morgan fingerprint density at radius 3 is 2.56 bits per heavy atom. The molecule has 0 amide bonds. The second-order valence-electron chi connectivity index (χ2n) is 6.08. The van der Waals surface area contributed by atoms with Crippen molar-refractivity contribution in [2.75, 3.05) is 0 Å². The number of nitrogens with zero attached hydrogens (tertiary/aromatic N) is 1. The molecule has 0 unspecified atom stereocenters. The third kappa shape index (κ3) is 1.80. The van der Waals surface area contributed by atoms with Crippen molar-refractivity contribution in [1.82, 2.24) is 9.78 Å². The number of benzene rings is 1. The van der Waals surface area contributed by atoms with Crippen LogP contribution in [0, 0.1) is 12.3 Å². The molecule has 3 heteroatoms. The topological polar surface area (TPSA) is 37.8 Å². The molecule has 1 aliphatic rings. The average Bonchev–Trinajstić information content (AvgIpc) is 2.74. The van der Waals surface area contributed by atoms with Crippen LogP contribution in [0.4, 0.5) is 0 Å². The lowest BCUT2D eigenvalue weighted by Gasteiger charge is -2.14. The summed E-state index contributed by atoms with van der Waals surface area (Å²) in [5, 5.41) is 3.08. The zero-order chi connectivity index (χ0) is 12.9. The molecule has 0 fully saturated rings. The summed E-state index contributed by atoms with van der Waals surface area (Å²) in [5.74, 6) is 0. The molecule has 3 rings (SSSR count). The van der Waals surface area contributed by atoms with Gasteiger partial charge in [-0.1, -0.05) is 19.9 Å². The predicted octanol–water partition coefficient (Wildman–Crippen LogP) is 2.60. The number of aromatic nitrogens is 2. The van der Waals surface area contributed by atoms with Crippen molar-refractivity contribution in [3.05, 3.63) is 51.4 Å². The molecule has 1 aliphatic carbocycles. The Kier molecular flexibility index (Phi) is 2.27. The molecule has 3 nitrogen and oxygen atoms in total. The predicted molar refractivity (Wildman–Crippen MR) is 72.3 cm³/mol. The van der Waals surface area contributed by atoms with Crippen LogP contribution in [0.15, 0.2) is 29.1 Å². The van der Waals surface area contributed by atoms with E-state index in [4.69, 9.17) is 0 Å². The maximum atomic E-state index is 11.8. The van der Waals surface area contributed by atoms with Gasteiger partial charge < -0.3 is 0 Å². The molecule has 1 aromatic heterocycles. The second-order valence-corrected chi connectivity index (χ2v) is 6.08. The number of aromatic amines is 1. The molecule has 0 bridgehead atoms. The van der Waals surface area contributed by atoms with Gasteiger partial charge in [-0.15, -0.1) is 0 Å². The van der Waals surface area contributed by atoms with E-state index < -0.39 is 0 Å². The first-order valence-corrected chi connectivity index (χ1v) is 6.35. The van der Waals surface area contributed by atoms with Crippen LogP contribution in [-0.2, 0) is 12.8 Å². The maximum Gasteiger partial charge on any atom is 0.271 e. The number of fused-ring (bicyclic) bond motifs is 1. The van der Waals surface area contributed by atoms with E-state index in [0.717, 1.165) is 24.2 Å². The summed E-state index contributed by atoms with van der Waals surface area (Å²) < 4.78 is 1.61. The van der Waals surface area contributed by atoms with Crippen molar-refractivity contribution >= 4 is 0 Å². The standard InChI is InChI=1S/C15H18N2O/c1-10-6-14(18)17(16-10)13-5-4-11-8-15(2,3)9-12(11)7-13/h4-7,16H,8-9H2,1-3H3. The van der Waals surface area contributed by atoms with Gasteiger partial charge in [0, 0.05) is 11.8 Å². The Morgan fingerprint density at radius 1 is 1.17 bits per heavy atom. The third-order valence-corrected chi connectivity index (χ3v) is 3.63. The molecule has 0 saturated heterocycles. The molecule has 1 N–H and O–H groups in total. The zero-order valence-electron chi connectivity index (χ0n) is 11.1. The average molecular weight is 242 g/mol. The molecule has 94 valence electrons. The third-order valence-electron chi connectivity index (χ3n) is 3.63. The lowest BCUT2D eigenvalue weighted by molar-refractivity contribution is 0.392. The molecule has 18 heavy (non-hydrogen) atoms. The number of H-pyrrole nitrogens is 1. The number of nitrogens with one attached hydrogen (secondary N) is 1. The van der Waals surface area contributed by atoms with Crippen LogP contribution in [0.25, 0.3) is 5.69 Å². The molecule has 1 aromatic carbocycles. The molecule has 2 aromatic rings. The van der Waals surface area contributed by atoms with Crippen molar-refractivity contribution in [1.29, 1.82) is 0 Å². The van der Waals surface area contributed by atoms with E-state index in [-0.39, 0.29) is 5.56 Å². The Morgan fingerprint density at radius 2 is 1.89 bits per heavy atom. The number of aryl methyl sites for hydroxylation is 1. The highest BCUT2D eigenvalue weighted by molar-refractivity contribution is 5.43. The summed E-state index contributed by atoms with van der Waals surface area (Å²) in [4.78, 5) is 11.8. The fourth-order valence-electron chi connectivity index (χ4n) is 2.89. The van der Waals surface area contributed by atoms with Crippen LogP contribution in [0.1, 0.15) is 30.7 Å². The van der Waals surface area contributed by atoms with Crippen LogP contribution in [0.2, 0.25) is 0 Å². The van der Waals surface area contributed by atoms with E-state index in [1.807, 2.05) is 13.0 Å². The van der Waals surface area contributed by atoms with Gasteiger partial charge in [-0.3, -0.25) is 9.89 Å². The van der Waals surface area contributed by atoms with Gasteiger partial charge in [-0.05, 0) is 48.4 Å². The first-order valence-electron chi connectivity index (χ1n) is 6.35. The summed E-state index contributed by atoms with van der Waals surface area (Å²) in [6.07, 6.45) is 2.21. The van der Waals surface area contributed by atoms with Gasteiger partial charge in [0.15, 0.2) is 0 Å². The van der Waals surface area contributed by atoms with E-state index in [1.165, 1.54) is 11.1 Å². The van der Waals surface area contributed by atoms with Crippen LogP contribution in [0.5, 0.6) is 0 Å². The van der Waals surface area contributed by atoms with Gasteiger partial charge in [0.2, 0.25) is 0 Å². The first kappa shape index (κ1) is 11.3. The molecule has 0 aliphatic heterocycles. The maximum absolute atomic E-state index is 11.8. The summed E-state index contributed by atoms with van der Waals surface area (Å²) in [7, 11) is 0. The van der Waals surface area contributed by atoms with Gasteiger partial charge in [0.05, 0.1) is 5.69 Å². The molecule has 1 heterocycles. The fourth-order valence-corrected chi connectivity index (χ4v) is 2.89. The minimum atomic E-state index is 0.00436. The summed E-state index contributed by atoms with van der Waals surface area (Å²) in [5.41, 5.74) is 4.96. The van der Waals surface area contributed by atoms with E-state index in [2.05, 4.69) is 31.1 Å². The van der Waals surface area contributed by atoms with Crippen LogP contribution in [-0.4, -0.2) is 9.78 Å². The summed E-state index contributed by atoms with van der Waals surface area (Å²) >= 11 is 0. The lowest BCUT2D eigenvalue weighted by atomic mass is 9.90. The zero-order valence-corrected chi connectivity index (χ0v) is 11.1. The minimum Gasteiger partial charge on any atom is -0.295 e. The Balaban J connectivity index is 2.08. The normalized spacial score (nSPS) is 16.8. The van der Waals surface area contributed by atoms with Gasteiger partial charge in [-0.2, -0.15) is 0 Å². The largest absolute Gasteiger partial charge is 0.295 e. The lowest BCUT2D eigenvalue weighted by Crippen LogP contribution is -2.13. The van der Waals surface area contributed by atoms with Gasteiger partial charge in [0.25, 0.3) is 5.56 Å². The van der Waals surface area contributed by atoms with Crippen molar-refractivity contribution in [3.8, 4) is 5.69 Å². The second kappa shape index (κ2) is 3.61. The quantitative estimate of drug-likeness (QED) is 0.820. The van der Waals surface area contributed by atoms with Crippen molar-refractivity contribution in [3.63, 3.8) is 0 Å². The highest BCUT2D eigenvalue weighted by Gasteiger charge is 2.28. The highest BCUT2D eigenvalue weighted by Crippen LogP contribution is 2.36. The van der Waals surface area contributed by atoms with Gasteiger partial charge >= 0.3 is 0 Å². The monoisotopic (exact) mass is 242 g/mol. The number of hydrogen-bond acceptors (Lipinski definition) is 1. The van der Waals surface area contributed by atoms with Crippen LogP contribution >= 0.6 is 0 Å². The van der Waals surface area contributed by atoms with E-state index >= 15 is 0 Å². The van der Waals surface area contributed by atoms with E-state index in [1.54, 1.807) is 10.7 Å². The summed E-state index contributed by atoms with van der Waals surface area (Å²) in [6.45, 7) is 6.48. The van der Waals surface area contributed by atoms with Crippen LogP contribution < -0.4 is 5.56 Å². The molecule has 0 radical (unpaired) electrons. The Labute approximate surface area is 106 Å². The van der Waals surface area contributed by atoms with Crippen LogP contribution in [0.3, 0.4) is 0 Å². The summed E-state index contributed by atoms with van der Waals surface area (Å²) in [6, 6.07) is 7.94. The molecule has 0 atom stereocenters. The Hall–Kier alpha value is -1.77. The van der Waals surface area contributed by atoms with Crippen molar-refractivity contribution in [2.24, 2.45) is 5.41 Å². The van der Waals surface area contributed by atoms with Gasteiger partial charge in [-0.25, -0.2) is 4.68 Å². The van der Waals surface area contributed by atoms with Gasteiger partial charge in [0.1, 0.15) is 0 Å². The SMILES string of the molecule is Cc1cc(=O)n(-c2ccc3c(c2)CC(C)(C)C3)[nH]1. The smallest absolute Gasteiger partial charge is 0.271 e. The molecule has 0 saturated carbocycles. The van der Waals surface area contributed by atoms with E-state index in [0.29, 0.717) is 5.41 Å². The van der Waals surface area contributed by atoms with E-state index in [9.17, 15) is 4.79 Å². The van der Waals surface area contributed by atoms with Crippen molar-refractivity contribution in [2.45, 2.75) is 33.6 Å². The Bertz CT molecular complexity index is 661. The molecule has 0 spiro atoms. The number of rotatable bonds is 1. The number of hydrogen-bond donors (Lipinski definition) is 1. The molecular weight excluding hydrogens is 224 g/mol. The van der Waals surface area contributed by atoms with Crippen molar-refractivity contribution < 1.29 is 0 Å². The molecular formula is C15H18N2O.